The van der Waals surface area contributed by atoms with Gasteiger partial charge in [-0.2, -0.15) is 0 Å². The Labute approximate surface area is 156 Å². The zero-order chi connectivity index (χ0) is 18.8. The van der Waals surface area contributed by atoms with Gasteiger partial charge in [0.05, 0.1) is 6.54 Å². The lowest BCUT2D eigenvalue weighted by Gasteiger charge is -2.35. The molecule has 0 saturated carbocycles. The van der Waals surface area contributed by atoms with Crippen LogP contribution in [-0.2, 0) is 9.53 Å². The number of piperazine rings is 1. The average Bonchev–Trinajstić information content (AvgIpc) is 3.30. The molecule has 0 spiro atoms. The number of aromatic nitrogens is 4. The summed E-state index contributed by atoms with van der Waals surface area (Å²) in [6.45, 7) is 5.36. The predicted molar refractivity (Wildman–Crippen MR) is 95.6 cm³/mol. The molecule has 2 amide bonds. The molecule has 2 aromatic rings. The largest absolute Gasteiger partial charge is 0.448 e. The molecule has 4 heterocycles. The van der Waals surface area contributed by atoms with Gasteiger partial charge in [-0.25, -0.2) is 19.7 Å². The Balaban J connectivity index is 1.37. The number of anilines is 1. The van der Waals surface area contributed by atoms with Crippen molar-refractivity contribution in [2.45, 2.75) is 6.92 Å². The summed E-state index contributed by atoms with van der Waals surface area (Å²) >= 11 is 0. The summed E-state index contributed by atoms with van der Waals surface area (Å²) in [6, 6.07) is 1.92. The van der Waals surface area contributed by atoms with Crippen molar-refractivity contribution in [3.8, 4) is 5.82 Å². The van der Waals surface area contributed by atoms with Crippen molar-refractivity contribution in [3.05, 3.63) is 30.6 Å². The highest BCUT2D eigenvalue weighted by atomic mass is 16.6. The van der Waals surface area contributed by atoms with E-state index in [1.165, 1.54) is 4.90 Å². The third-order valence-electron chi connectivity index (χ3n) is 4.84. The van der Waals surface area contributed by atoms with Crippen LogP contribution in [0.25, 0.3) is 5.82 Å². The predicted octanol–water partition coefficient (Wildman–Crippen LogP) is 0.0715. The number of nitrogens with zero attached hydrogens (tertiary/aromatic N) is 7. The van der Waals surface area contributed by atoms with Gasteiger partial charge in [-0.15, -0.1) is 0 Å². The SMILES string of the molecule is Cc1nccn1-c1cc(N2CCN(C(=O)CN3CCOC3=O)CC2)ncn1. The number of amides is 2. The molecule has 10 nitrogen and oxygen atoms in total. The number of aryl methyl sites for hydroxylation is 1. The fraction of sp³-hybridized carbons (Fsp3) is 0.471. The fourth-order valence-corrected chi connectivity index (χ4v) is 3.28. The van der Waals surface area contributed by atoms with E-state index in [9.17, 15) is 9.59 Å². The molecule has 0 bridgehead atoms. The Morgan fingerprint density at radius 2 is 1.89 bits per heavy atom. The molecule has 2 aromatic heterocycles. The highest BCUT2D eigenvalue weighted by Crippen LogP contribution is 2.17. The van der Waals surface area contributed by atoms with E-state index in [1.807, 2.05) is 23.8 Å². The highest BCUT2D eigenvalue weighted by Gasteiger charge is 2.28. The van der Waals surface area contributed by atoms with Crippen LogP contribution in [0.1, 0.15) is 5.82 Å². The van der Waals surface area contributed by atoms with Gasteiger partial charge in [-0.05, 0) is 6.92 Å². The van der Waals surface area contributed by atoms with Crippen molar-refractivity contribution in [1.29, 1.82) is 0 Å². The minimum Gasteiger partial charge on any atom is -0.448 e. The third kappa shape index (κ3) is 3.55. The lowest BCUT2D eigenvalue weighted by Crippen LogP contribution is -2.51. The Morgan fingerprint density at radius 3 is 2.56 bits per heavy atom. The summed E-state index contributed by atoms with van der Waals surface area (Å²) in [5.41, 5.74) is 0. The van der Waals surface area contributed by atoms with Crippen LogP contribution in [0.5, 0.6) is 0 Å². The van der Waals surface area contributed by atoms with E-state index in [0.717, 1.165) is 17.5 Å². The second-order valence-corrected chi connectivity index (χ2v) is 6.48. The first-order valence-electron chi connectivity index (χ1n) is 8.88. The second kappa shape index (κ2) is 7.22. The molecule has 2 aliphatic heterocycles. The molecule has 2 aliphatic rings. The number of cyclic esters (lactones) is 1. The van der Waals surface area contributed by atoms with E-state index in [4.69, 9.17) is 4.74 Å². The van der Waals surface area contributed by atoms with Crippen molar-refractivity contribution in [2.24, 2.45) is 0 Å². The number of rotatable bonds is 4. The topological polar surface area (TPSA) is 96.7 Å². The van der Waals surface area contributed by atoms with E-state index in [1.54, 1.807) is 17.4 Å². The second-order valence-electron chi connectivity index (χ2n) is 6.48. The molecule has 0 aliphatic carbocycles. The number of carbonyl (C=O) groups excluding carboxylic acids is 2. The number of hydrogen-bond donors (Lipinski definition) is 0. The van der Waals surface area contributed by atoms with Gasteiger partial charge in [0.15, 0.2) is 0 Å². The van der Waals surface area contributed by atoms with Crippen LogP contribution in [0.3, 0.4) is 0 Å². The molecule has 0 atom stereocenters. The molecule has 27 heavy (non-hydrogen) atoms. The van der Waals surface area contributed by atoms with Gasteiger partial charge in [0.2, 0.25) is 5.91 Å². The van der Waals surface area contributed by atoms with Gasteiger partial charge in [0.1, 0.15) is 36.9 Å². The lowest BCUT2D eigenvalue weighted by atomic mass is 10.3. The lowest BCUT2D eigenvalue weighted by molar-refractivity contribution is -0.132. The molecule has 0 unspecified atom stereocenters. The molecule has 0 radical (unpaired) electrons. The monoisotopic (exact) mass is 371 g/mol. The molecule has 0 aromatic carbocycles. The minimum absolute atomic E-state index is 0.0501. The maximum atomic E-state index is 12.4. The summed E-state index contributed by atoms with van der Waals surface area (Å²) in [7, 11) is 0. The zero-order valence-electron chi connectivity index (χ0n) is 15.1. The van der Waals surface area contributed by atoms with E-state index in [-0.39, 0.29) is 12.5 Å². The molecule has 4 rings (SSSR count). The van der Waals surface area contributed by atoms with Gasteiger partial charge in [0.25, 0.3) is 0 Å². The molecule has 142 valence electrons. The first-order chi connectivity index (χ1) is 13.1. The summed E-state index contributed by atoms with van der Waals surface area (Å²) in [6.07, 6.45) is 4.73. The van der Waals surface area contributed by atoms with Gasteiger partial charge in [0, 0.05) is 44.6 Å². The Bertz CT molecular complexity index is 845. The first-order valence-corrected chi connectivity index (χ1v) is 8.88. The van der Waals surface area contributed by atoms with Gasteiger partial charge in [-0.3, -0.25) is 14.3 Å². The fourth-order valence-electron chi connectivity index (χ4n) is 3.28. The van der Waals surface area contributed by atoms with E-state index >= 15 is 0 Å². The maximum Gasteiger partial charge on any atom is 0.410 e. The summed E-state index contributed by atoms with van der Waals surface area (Å²) in [5, 5.41) is 0. The van der Waals surface area contributed by atoms with Crippen LogP contribution in [-0.4, -0.2) is 87.2 Å². The van der Waals surface area contributed by atoms with E-state index < -0.39 is 6.09 Å². The van der Waals surface area contributed by atoms with Crippen molar-refractivity contribution >= 4 is 17.8 Å². The van der Waals surface area contributed by atoms with Crippen molar-refractivity contribution in [2.75, 3.05) is 50.8 Å². The maximum absolute atomic E-state index is 12.4. The van der Waals surface area contributed by atoms with E-state index in [0.29, 0.717) is 39.3 Å². The quantitative estimate of drug-likeness (QED) is 0.750. The smallest absolute Gasteiger partial charge is 0.410 e. The van der Waals surface area contributed by atoms with Crippen molar-refractivity contribution < 1.29 is 14.3 Å². The van der Waals surface area contributed by atoms with Crippen LogP contribution in [0.2, 0.25) is 0 Å². The van der Waals surface area contributed by atoms with Gasteiger partial charge >= 0.3 is 6.09 Å². The zero-order valence-corrected chi connectivity index (χ0v) is 15.1. The first kappa shape index (κ1) is 17.3. The molecular weight excluding hydrogens is 350 g/mol. The Hall–Kier alpha value is -3.17. The van der Waals surface area contributed by atoms with Crippen LogP contribution in [0, 0.1) is 6.92 Å². The van der Waals surface area contributed by atoms with Gasteiger partial charge in [-0.1, -0.05) is 0 Å². The van der Waals surface area contributed by atoms with Crippen molar-refractivity contribution in [3.63, 3.8) is 0 Å². The minimum atomic E-state index is -0.412. The van der Waals surface area contributed by atoms with Crippen LogP contribution >= 0.6 is 0 Å². The van der Waals surface area contributed by atoms with Crippen LogP contribution < -0.4 is 4.90 Å². The van der Waals surface area contributed by atoms with Crippen LogP contribution in [0.4, 0.5) is 10.6 Å². The molecule has 0 N–H and O–H groups in total. The number of hydrogen-bond acceptors (Lipinski definition) is 7. The third-order valence-corrected chi connectivity index (χ3v) is 4.84. The average molecular weight is 371 g/mol. The van der Waals surface area contributed by atoms with E-state index in [2.05, 4.69) is 19.9 Å². The van der Waals surface area contributed by atoms with Gasteiger partial charge < -0.3 is 14.5 Å². The molecule has 2 fully saturated rings. The summed E-state index contributed by atoms with van der Waals surface area (Å²) in [4.78, 5) is 42.2. The summed E-state index contributed by atoms with van der Waals surface area (Å²) < 4.78 is 6.77. The number of carbonyl (C=O) groups is 2. The Kier molecular flexibility index (Phi) is 4.61. The number of imidazole rings is 1. The Morgan fingerprint density at radius 1 is 1.11 bits per heavy atom. The highest BCUT2D eigenvalue weighted by molar-refractivity contribution is 5.83. The van der Waals surface area contributed by atoms with Crippen LogP contribution in [0.15, 0.2) is 24.8 Å². The number of ether oxygens (including phenoxy) is 1. The summed E-state index contributed by atoms with van der Waals surface area (Å²) in [5.74, 6) is 2.39. The standard InChI is InChI=1S/C17H21N7O3/c1-13-18-2-3-24(13)15-10-14(19-12-20-15)21-4-6-22(7-5-21)16(25)11-23-8-9-27-17(23)26/h2-3,10,12H,4-9,11H2,1H3. The molecular formula is C17H21N7O3. The molecule has 2 saturated heterocycles. The normalized spacial score (nSPS) is 17.4. The molecule has 10 heteroatoms. The van der Waals surface area contributed by atoms with Crippen molar-refractivity contribution in [1.82, 2.24) is 29.3 Å².